The molecule has 0 saturated carbocycles. The number of rotatable bonds is 8. The predicted octanol–water partition coefficient (Wildman–Crippen LogP) is 3.93. The first-order valence-corrected chi connectivity index (χ1v) is 11.2. The SMILES string of the molecule is Cc1nc(NCCNS(=O)(=O)c2cc(C)c(Cl)cc2Cl)cc(Nc2ccccn2)n1. The third kappa shape index (κ3) is 5.79. The van der Waals surface area contributed by atoms with Gasteiger partial charge in [0.15, 0.2) is 0 Å². The minimum absolute atomic E-state index is 0.00852. The molecule has 2 heterocycles. The first kappa shape index (κ1) is 22.2. The van der Waals surface area contributed by atoms with Gasteiger partial charge in [-0.2, -0.15) is 0 Å². The molecule has 0 aliphatic rings. The monoisotopic (exact) mass is 466 g/mol. The molecule has 0 atom stereocenters. The Balaban J connectivity index is 1.61. The molecule has 30 heavy (non-hydrogen) atoms. The third-order valence-electron chi connectivity index (χ3n) is 3.98. The van der Waals surface area contributed by atoms with Crippen LogP contribution in [0.5, 0.6) is 0 Å². The fourth-order valence-corrected chi connectivity index (χ4v) is 4.44. The van der Waals surface area contributed by atoms with Crippen molar-refractivity contribution in [3.05, 3.63) is 64.0 Å². The number of anilines is 3. The second-order valence-electron chi connectivity index (χ2n) is 6.38. The van der Waals surface area contributed by atoms with Crippen LogP contribution in [0.25, 0.3) is 0 Å². The fourth-order valence-electron chi connectivity index (χ4n) is 2.58. The molecule has 0 spiro atoms. The number of nitrogens with one attached hydrogen (secondary N) is 3. The van der Waals surface area contributed by atoms with Crippen LogP contribution in [-0.4, -0.2) is 36.5 Å². The van der Waals surface area contributed by atoms with Gasteiger partial charge in [-0.05, 0) is 43.7 Å². The van der Waals surface area contributed by atoms with Gasteiger partial charge in [-0.25, -0.2) is 28.1 Å². The molecule has 0 bridgehead atoms. The van der Waals surface area contributed by atoms with Gasteiger partial charge in [0.1, 0.15) is 28.2 Å². The maximum Gasteiger partial charge on any atom is 0.242 e. The average Bonchev–Trinajstić information content (AvgIpc) is 2.68. The molecule has 0 amide bonds. The van der Waals surface area contributed by atoms with E-state index in [1.54, 1.807) is 26.1 Å². The van der Waals surface area contributed by atoms with E-state index in [4.69, 9.17) is 23.2 Å². The molecule has 0 unspecified atom stereocenters. The summed E-state index contributed by atoms with van der Waals surface area (Å²) in [6.45, 7) is 3.92. The standard InChI is InChI=1S/C19H20Cl2N6O2S/c1-12-9-16(15(21)10-14(12)20)30(28,29)24-8-7-23-18-11-19(26-13(2)25-18)27-17-5-3-4-6-22-17/h3-6,9-11,24H,7-8H2,1-2H3,(H2,22,23,25,26,27). The molecule has 158 valence electrons. The summed E-state index contributed by atoms with van der Waals surface area (Å²) in [4.78, 5) is 12.8. The Bertz CT molecular complexity index is 1140. The Labute approximate surface area is 185 Å². The first-order chi connectivity index (χ1) is 14.2. The van der Waals surface area contributed by atoms with Crippen molar-refractivity contribution in [1.82, 2.24) is 19.7 Å². The van der Waals surface area contributed by atoms with Gasteiger partial charge in [0, 0.05) is 30.4 Å². The lowest BCUT2D eigenvalue weighted by Gasteiger charge is -2.12. The smallest absolute Gasteiger partial charge is 0.242 e. The predicted molar refractivity (Wildman–Crippen MR) is 119 cm³/mol. The van der Waals surface area contributed by atoms with Gasteiger partial charge in [-0.15, -0.1) is 0 Å². The summed E-state index contributed by atoms with van der Waals surface area (Å²) in [6, 6.07) is 10.1. The van der Waals surface area contributed by atoms with E-state index in [0.717, 1.165) is 0 Å². The average molecular weight is 467 g/mol. The van der Waals surface area contributed by atoms with Crippen LogP contribution in [0.1, 0.15) is 11.4 Å². The molecule has 0 aliphatic heterocycles. The summed E-state index contributed by atoms with van der Waals surface area (Å²) in [5.74, 6) is 2.35. The second-order valence-corrected chi connectivity index (χ2v) is 8.93. The van der Waals surface area contributed by atoms with E-state index in [0.29, 0.717) is 40.4 Å². The van der Waals surface area contributed by atoms with Crippen molar-refractivity contribution >= 4 is 50.7 Å². The van der Waals surface area contributed by atoms with Crippen molar-refractivity contribution in [3.63, 3.8) is 0 Å². The van der Waals surface area contributed by atoms with E-state index < -0.39 is 10.0 Å². The molecular formula is C19H20Cl2N6O2S. The number of benzene rings is 1. The van der Waals surface area contributed by atoms with Gasteiger partial charge in [0.05, 0.1) is 5.02 Å². The largest absolute Gasteiger partial charge is 0.369 e. The van der Waals surface area contributed by atoms with Crippen molar-refractivity contribution in [2.45, 2.75) is 18.7 Å². The van der Waals surface area contributed by atoms with Crippen LogP contribution >= 0.6 is 23.2 Å². The Kier molecular flexibility index (Phi) is 7.09. The molecule has 2 aromatic heterocycles. The number of sulfonamides is 1. The number of halogens is 2. The third-order valence-corrected chi connectivity index (χ3v) is 6.32. The molecule has 8 nitrogen and oxygen atoms in total. The van der Waals surface area contributed by atoms with Gasteiger partial charge < -0.3 is 10.6 Å². The molecule has 3 aromatic rings. The lowest BCUT2D eigenvalue weighted by Crippen LogP contribution is -2.29. The van der Waals surface area contributed by atoms with E-state index in [1.807, 2.05) is 18.2 Å². The lowest BCUT2D eigenvalue weighted by molar-refractivity contribution is 0.583. The maximum absolute atomic E-state index is 12.5. The second kappa shape index (κ2) is 9.57. The number of pyridine rings is 1. The summed E-state index contributed by atoms with van der Waals surface area (Å²) in [6.07, 6.45) is 1.68. The van der Waals surface area contributed by atoms with Gasteiger partial charge in [0.25, 0.3) is 0 Å². The molecule has 0 saturated heterocycles. The van der Waals surface area contributed by atoms with Crippen molar-refractivity contribution < 1.29 is 8.42 Å². The van der Waals surface area contributed by atoms with Crippen LogP contribution < -0.4 is 15.4 Å². The number of nitrogens with zero attached hydrogens (tertiary/aromatic N) is 3. The summed E-state index contributed by atoms with van der Waals surface area (Å²) in [5.41, 5.74) is 0.629. The van der Waals surface area contributed by atoms with Crippen molar-refractivity contribution in [3.8, 4) is 0 Å². The van der Waals surface area contributed by atoms with Crippen molar-refractivity contribution in [2.75, 3.05) is 23.7 Å². The Morgan fingerprint density at radius 1 is 0.933 bits per heavy atom. The van der Waals surface area contributed by atoms with E-state index >= 15 is 0 Å². The number of hydrogen-bond donors (Lipinski definition) is 3. The van der Waals surface area contributed by atoms with E-state index in [2.05, 4.69) is 30.3 Å². The van der Waals surface area contributed by atoms with Crippen LogP contribution in [0.2, 0.25) is 10.0 Å². The molecular weight excluding hydrogens is 447 g/mol. The number of aromatic nitrogens is 3. The number of aryl methyl sites for hydroxylation is 2. The van der Waals surface area contributed by atoms with E-state index in [1.165, 1.54) is 12.1 Å². The molecule has 3 rings (SSSR count). The Hall–Kier alpha value is -2.46. The highest BCUT2D eigenvalue weighted by Gasteiger charge is 2.19. The van der Waals surface area contributed by atoms with Crippen LogP contribution in [0, 0.1) is 13.8 Å². The Morgan fingerprint density at radius 2 is 1.70 bits per heavy atom. The van der Waals surface area contributed by atoms with Crippen LogP contribution in [0.15, 0.2) is 47.5 Å². The van der Waals surface area contributed by atoms with E-state index in [-0.39, 0.29) is 16.5 Å². The van der Waals surface area contributed by atoms with Crippen LogP contribution in [-0.2, 0) is 10.0 Å². The lowest BCUT2D eigenvalue weighted by atomic mass is 10.2. The molecule has 3 N–H and O–H groups in total. The van der Waals surface area contributed by atoms with Crippen molar-refractivity contribution in [2.24, 2.45) is 0 Å². The van der Waals surface area contributed by atoms with Gasteiger partial charge in [-0.1, -0.05) is 29.3 Å². The number of hydrogen-bond acceptors (Lipinski definition) is 7. The molecule has 0 radical (unpaired) electrons. The highest BCUT2D eigenvalue weighted by molar-refractivity contribution is 7.89. The van der Waals surface area contributed by atoms with Crippen LogP contribution in [0.3, 0.4) is 0 Å². The van der Waals surface area contributed by atoms with E-state index in [9.17, 15) is 8.42 Å². The highest BCUT2D eigenvalue weighted by atomic mass is 35.5. The van der Waals surface area contributed by atoms with Gasteiger partial charge in [0.2, 0.25) is 10.0 Å². The summed E-state index contributed by atoms with van der Waals surface area (Å²) < 4.78 is 27.6. The molecule has 0 fully saturated rings. The minimum Gasteiger partial charge on any atom is -0.369 e. The zero-order chi connectivity index (χ0) is 21.7. The highest BCUT2D eigenvalue weighted by Crippen LogP contribution is 2.28. The molecule has 1 aromatic carbocycles. The normalized spacial score (nSPS) is 11.3. The summed E-state index contributed by atoms with van der Waals surface area (Å²) >= 11 is 12.0. The minimum atomic E-state index is -3.78. The fraction of sp³-hybridized carbons (Fsp3) is 0.211. The van der Waals surface area contributed by atoms with Crippen molar-refractivity contribution in [1.29, 1.82) is 0 Å². The Morgan fingerprint density at radius 3 is 2.43 bits per heavy atom. The first-order valence-electron chi connectivity index (χ1n) is 8.97. The summed E-state index contributed by atoms with van der Waals surface area (Å²) in [5, 5.41) is 6.66. The molecule has 11 heteroatoms. The van der Waals surface area contributed by atoms with Crippen LogP contribution in [0.4, 0.5) is 17.5 Å². The zero-order valence-corrected chi connectivity index (χ0v) is 18.6. The van der Waals surface area contributed by atoms with Gasteiger partial charge >= 0.3 is 0 Å². The maximum atomic E-state index is 12.5. The van der Waals surface area contributed by atoms with Gasteiger partial charge in [-0.3, -0.25) is 0 Å². The topological polar surface area (TPSA) is 109 Å². The quantitative estimate of drug-likeness (QED) is 0.431. The molecule has 0 aliphatic carbocycles. The summed E-state index contributed by atoms with van der Waals surface area (Å²) in [7, 11) is -3.78. The zero-order valence-electron chi connectivity index (χ0n) is 16.3.